The van der Waals surface area contributed by atoms with Crippen LogP contribution in [0, 0.1) is 6.92 Å². The number of carbonyl (C=O) groups is 2. The highest BCUT2D eigenvalue weighted by Crippen LogP contribution is 2.36. The van der Waals surface area contributed by atoms with Crippen LogP contribution in [-0.2, 0) is 9.59 Å². The first-order valence-corrected chi connectivity index (χ1v) is 9.77. The van der Waals surface area contributed by atoms with Crippen LogP contribution in [0.25, 0.3) is 5.57 Å². The van der Waals surface area contributed by atoms with Gasteiger partial charge in [0.25, 0.3) is 11.8 Å². The number of anilines is 2. The predicted molar refractivity (Wildman–Crippen MR) is 120 cm³/mol. The molecule has 6 heteroatoms. The molecule has 0 unspecified atom stereocenters. The summed E-state index contributed by atoms with van der Waals surface area (Å²) in [6.07, 6.45) is 0. The number of para-hydroxylation sites is 2. The summed E-state index contributed by atoms with van der Waals surface area (Å²) in [5.74, 6) is 0.386. The summed E-state index contributed by atoms with van der Waals surface area (Å²) in [4.78, 5) is 28.1. The number of aryl methyl sites for hydroxylation is 1. The Bertz CT molecular complexity index is 1160. The van der Waals surface area contributed by atoms with Gasteiger partial charge in [-0.25, -0.2) is 4.90 Å². The molecule has 0 fully saturated rings. The SMILES string of the molecule is COc1ccc(N2C(=O)C(Nc3ccccc3OC)=C(c3ccc(C)cc3)C2=O)cc1. The monoisotopic (exact) mass is 414 g/mol. The Labute approximate surface area is 180 Å². The zero-order chi connectivity index (χ0) is 22.0. The number of imide groups is 1. The van der Waals surface area contributed by atoms with E-state index < -0.39 is 11.8 Å². The van der Waals surface area contributed by atoms with Gasteiger partial charge in [-0.3, -0.25) is 9.59 Å². The quantitative estimate of drug-likeness (QED) is 0.605. The Morgan fingerprint density at radius 3 is 2.10 bits per heavy atom. The van der Waals surface area contributed by atoms with Gasteiger partial charge in [0.1, 0.15) is 17.2 Å². The molecule has 1 aliphatic rings. The number of carbonyl (C=O) groups excluding carboxylic acids is 2. The molecule has 0 saturated heterocycles. The van der Waals surface area contributed by atoms with Gasteiger partial charge in [-0.2, -0.15) is 0 Å². The molecule has 0 aliphatic carbocycles. The van der Waals surface area contributed by atoms with Crippen molar-refractivity contribution in [2.24, 2.45) is 0 Å². The van der Waals surface area contributed by atoms with Crippen LogP contribution in [0.4, 0.5) is 11.4 Å². The first-order chi connectivity index (χ1) is 15.0. The van der Waals surface area contributed by atoms with Crippen molar-refractivity contribution >= 4 is 28.8 Å². The van der Waals surface area contributed by atoms with Crippen molar-refractivity contribution in [3.63, 3.8) is 0 Å². The van der Waals surface area contributed by atoms with Gasteiger partial charge in [-0.05, 0) is 48.9 Å². The van der Waals surface area contributed by atoms with E-state index in [1.807, 2.05) is 43.3 Å². The van der Waals surface area contributed by atoms with E-state index in [2.05, 4.69) is 5.32 Å². The van der Waals surface area contributed by atoms with Gasteiger partial charge in [0.15, 0.2) is 0 Å². The molecule has 3 aromatic carbocycles. The number of methoxy groups -OCH3 is 2. The summed E-state index contributed by atoms with van der Waals surface area (Å²) in [6.45, 7) is 1.97. The lowest BCUT2D eigenvalue weighted by molar-refractivity contribution is -0.120. The van der Waals surface area contributed by atoms with Gasteiger partial charge in [0, 0.05) is 0 Å². The van der Waals surface area contributed by atoms with Crippen LogP contribution in [0.5, 0.6) is 11.5 Å². The highest BCUT2D eigenvalue weighted by molar-refractivity contribution is 6.46. The number of ether oxygens (including phenoxy) is 2. The van der Waals surface area contributed by atoms with Crippen LogP contribution in [0.15, 0.2) is 78.5 Å². The average molecular weight is 414 g/mol. The molecule has 1 aliphatic heterocycles. The molecule has 2 amide bonds. The summed E-state index contributed by atoms with van der Waals surface area (Å²) in [6, 6.07) is 21.6. The fraction of sp³-hybridized carbons (Fsp3) is 0.120. The number of amides is 2. The van der Waals surface area contributed by atoms with Crippen molar-refractivity contribution in [2.45, 2.75) is 6.92 Å². The maximum absolute atomic E-state index is 13.5. The van der Waals surface area contributed by atoms with Crippen LogP contribution >= 0.6 is 0 Å². The number of benzene rings is 3. The van der Waals surface area contributed by atoms with Crippen molar-refractivity contribution in [2.75, 3.05) is 24.4 Å². The van der Waals surface area contributed by atoms with E-state index in [4.69, 9.17) is 9.47 Å². The second-order valence-electron chi connectivity index (χ2n) is 7.09. The zero-order valence-corrected chi connectivity index (χ0v) is 17.5. The third kappa shape index (κ3) is 3.75. The Morgan fingerprint density at radius 2 is 1.45 bits per heavy atom. The highest BCUT2D eigenvalue weighted by atomic mass is 16.5. The Hall–Kier alpha value is -4.06. The summed E-state index contributed by atoms with van der Waals surface area (Å²) in [5.41, 5.74) is 3.31. The van der Waals surface area contributed by atoms with Gasteiger partial charge in [-0.15, -0.1) is 0 Å². The number of nitrogens with zero attached hydrogens (tertiary/aromatic N) is 1. The lowest BCUT2D eigenvalue weighted by Gasteiger charge is -2.16. The predicted octanol–water partition coefficient (Wildman–Crippen LogP) is 4.41. The molecule has 0 bridgehead atoms. The number of rotatable bonds is 6. The minimum absolute atomic E-state index is 0.203. The third-order valence-electron chi connectivity index (χ3n) is 5.12. The van der Waals surface area contributed by atoms with Crippen molar-refractivity contribution < 1.29 is 19.1 Å². The summed E-state index contributed by atoms with van der Waals surface area (Å²) in [5, 5.41) is 3.14. The molecular weight excluding hydrogens is 392 g/mol. The van der Waals surface area contributed by atoms with Crippen LogP contribution in [0.3, 0.4) is 0 Å². The molecule has 0 radical (unpaired) electrons. The normalized spacial score (nSPS) is 13.6. The highest BCUT2D eigenvalue weighted by Gasteiger charge is 2.40. The van der Waals surface area contributed by atoms with Crippen molar-refractivity contribution in [3.05, 3.63) is 89.6 Å². The molecule has 0 spiro atoms. The molecule has 4 rings (SSSR count). The van der Waals surface area contributed by atoms with Crippen molar-refractivity contribution in [3.8, 4) is 11.5 Å². The molecule has 31 heavy (non-hydrogen) atoms. The molecule has 0 atom stereocenters. The van der Waals surface area contributed by atoms with Crippen LogP contribution in [0.1, 0.15) is 11.1 Å². The number of hydrogen-bond acceptors (Lipinski definition) is 5. The fourth-order valence-corrected chi connectivity index (χ4v) is 3.48. The minimum atomic E-state index is -0.434. The third-order valence-corrected chi connectivity index (χ3v) is 5.12. The van der Waals surface area contributed by atoms with Gasteiger partial charge >= 0.3 is 0 Å². The lowest BCUT2D eigenvalue weighted by atomic mass is 10.0. The molecule has 3 aromatic rings. The zero-order valence-electron chi connectivity index (χ0n) is 17.5. The molecule has 6 nitrogen and oxygen atoms in total. The molecule has 156 valence electrons. The van der Waals surface area contributed by atoms with E-state index in [-0.39, 0.29) is 5.70 Å². The van der Waals surface area contributed by atoms with E-state index in [9.17, 15) is 9.59 Å². The lowest BCUT2D eigenvalue weighted by Crippen LogP contribution is -2.32. The topological polar surface area (TPSA) is 67.9 Å². The summed E-state index contributed by atoms with van der Waals surface area (Å²) >= 11 is 0. The second kappa shape index (κ2) is 8.36. The fourth-order valence-electron chi connectivity index (χ4n) is 3.48. The van der Waals surface area contributed by atoms with E-state index in [0.29, 0.717) is 34.0 Å². The molecule has 1 N–H and O–H groups in total. The minimum Gasteiger partial charge on any atom is -0.497 e. The Morgan fingerprint density at radius 1 is 0.774 bits per heavy atom. The standard InChI is InChI=1S/C25H22N2O4/c1-16-8-10-17(11-9-16)22-23(26-20-6-4-5-7-21(20)31-3)25(29)27(24(22)28)18-12-14-19(30-2)15-13-18/h4-15,26H,1-3H3. The van der Waals surface area contributed by atoms with E-state index in [0.717, 1.165) is 5.56 Å². The van der Waals surface area contributed by atoms with Crippen LogP contribution in [0.2, 0.25) is 0 Å². The van der Waals surface area contributed by atoms with Crippen LogP contribution in [-0.4, -0.2) is 26.0 Å². The van der Waals surface area contributed by atoms with E-state index in [1.54, 1.807) is 50.6 Å². The van der Waals surface area contributed by atoms with E-state index in [1.165, 1.54) is 4.90 Å². The van der Waals surface area contributed by atoms with Crippen LogP contribution < -0.4 is 19.7 Å². The van der Waals surface area contributed by atoms with Gasteiger partial charge in [-0.1, -0.05) is 42.0 Å². The maximum Gasteiger partial charge on any atom is 0.282 e. The smallest absolute Gasteiger partial charge is 0.282 e. The first-order valence-electron chi connectivity index (χ1n) is 9.77. The maximum atomic E-state index is 13.5. The molecule has 0 saturated carbocycles. The van der Waals surface area contributed by atoms with Gasteiger partial charge in [0.2, 0.25) is 0 Å². The number of nitrogens with one attached hydrogen (secondary N) is 1. The first kappa shape index (κ1) is 20.2. The Balaban J connectivity index is 1.81. The van der Waals surface area contributed by atoms with E-state index >= 15 is 0 Å². The molecule has 0 aromatic heterocycles. The second-order valence-corrected chi connectivity index (χ2v) is 7.09. The Kier molecular flexibility index (Phi) is 5.45. The average Bonchev–Trinajstić information content (AvgIpc) is 3.04. The van der Waals surface area contributed by atoms with Gasteiger partial charge < -0.3 is 14.8 Å². The molecule has 1 heterocycles. The molecular formula is C25H22N2O4. The number of hydrogen-bond donors (Lipinski definition) is 1. The summed E-state index contributed by atoms with van der Waals surface area (Å²) in [7, 11) is 3.12. The summed E-state index contributed by atoms with van der Waals surface area (Å²) < 4.78 is 10.6. The largest absolute Gasteiger partial charge is 0.497 e. The van der Waals surface area contributed by atoms with Crippen molar-refractivity contribution in [1.29, 1.82) is 0 Å². The van der Waals surface area contributed by atoms with Gasteiger partial charge in [0.05, 0.1) is 31.2 Å². The van der Waals surface area contributed by atoms with Crippen molar-refractivity contribution in [1.82, 2.24) is 0 Å².